The van der Waals surface area contributed by atoms with Crippen molar-refractivity contribution in [1.82, 2.24) is 0 Å². The molecule has 2 heterocycles. The molecule has 0 aliphatic carbocycles. The van der Waals surface area contributed by atoms with Crippen LogP contribution < -0.4 is 18.7 Å². The first-order valence-electron chi connectivity index (χ1n) is 10.2. The molecule has 0 saturated carbocycles. The molecule has 2 fully saturated rings. The van der Waals surface area contributed by atoms with Gasteiger partial charge in [0.15, 0.2) is 0 Å². The summed E-state index contributed by atoms with van der Waals surface area (Å²) >= 11 is 0. The second-order valence-corrected chi connectivity index (χ2v) is 11.5. The Balaban J connectivity index is 1.65. The molecule has 2 aliphatic heterocycles. The number of nitrogens with one attached hydrogen (secondary N) is 1. The molecule has 1 N–H and O–H groups in total. The first kappa shape index (κ1) is 22.4. The van der Waals surface area contributed by atoms with Crippen molar-refractivity contribution in [2.75, 3.05) is 39.9 Å². The van der Waals surface area contributed by atoms with E-state index in [2.05, 4.69) is 9.62 Å². The van der Waals surface area contributed by atoms with Crippen LogP contribution >= 0.6 is 0 Å². The van der Waals surface area contributed by atoms with E-state index in [1.54, 1.807) is 12.1 Å². The second kappa shape index (κ2) is 8.28. The summed E-state index contributed by atoms with van der Waals surface area (Å²) in [4.78, 5) is 14.4. The van der Waals surface area contributed by atoms with E-state index >= 15 is 0 Å². The smallest absolute Gasteiger partial charge is 0.265 e. The van der Waals surface area contributed by atoms with E-state index < -0.39 is 31.9 Å². The Kier molecular flexibility index (Phi) is 5.80. The number of sulfonamides is 2. The first-order valence-corrected chi connectivity index (χ1v) is 13.3. The van der Waals surface area contributed by atoms with Crippen molar-refractivity contribution in [3.63, 3.8) is 0 Å². The minimum absolute atomic E-state index is 0.0343. The van der Waals surface area contributed by atoms with Crippen LogP contribution in [0.5, 0.6) is 5.75 Å². The van der Waals surface area contributed by atoms with E-state index in [-0.39, 0.29) is 22.1 Å². The minimum Gasteiger partial charge on any atom is -0.495 e. The van der Waals surface area contributed by atoms with Gasteiger partial charge in [0.1, 0.15) is 10.6 Å². The fraction of sp³-hybridized carbons (Fsp3) is 0.381. The summed E-state index contributed by atoms with van der Waals surface area (Å²) < 4.78 is 59.5. The van der Waals surface area contributed by atoms with Gasteiger partial charge in [0.2, 0.25) is 15.9 Å². The number of rotatable bonds is 6. The number of nitrogens with zero attached hydrogens (tertiary/aromatic N) is 2. The lowest BCUT2D eigenvalue weighted by Crippen LogP contribution is -2.30. The van der Waals surface area contributed by atoms with Crippen LogP contribution in [0, 0.1) is 5.92 Å². The Hall–Kier alpha value is -2.79. The van der Waals surface area contributed by atoms with Gasteiger partial charge in [-0.1, -0.05) is 6.92 Å². The maximum atomic E-state index is 13.1. The molecule has 0 spiro atoms. The summed E-state index contributed by atoms with van der Waals surface area (Å²) in [5.74, 6) is -1.58. The lowest BCUT2D eigenvalue weighted by molar-refractivity contribution is -0.119. The molecule has 2 aliphatic rings. The van der Waals surface area contributed by atoms with Gasteiger partial charge >= 0.3 is 0 Å². The Morgan fingerprint density at radius 1 is 1.03 bits per heavy atom. The SMILES string of the molecule is COc1ccc(N2C(=O)[C@@H](C)CS2(=O)=O)cc1S(=O)(=O)Nc1ccc(N2CCCC2)cc1. The average molecular weight is 480 g/mol. The van der Waals surface area contributed by atoms with E-state index in [1.165, 1.54) is 26.2 Å². The van der Waals surface area contributed by atoms with Gasteiger partial charge in [-0.2, -0.15) is 0 Å². The standard InChI is InChI=1S/C21H25N3O6S2/c1-15-14-31(26,27)24(21(15)25)18-9-10-19(30-2)20(13-18)32(28,29)22-16-5-7-17(8-6-16)23-11-3-4-12-23/h5-10,13,15,22H,3-4,11-12,14H2,1-2H3/t15-/m0/s1. The third kappa shape index (κ3) is 4.14. The van der Waals surface area contributed by atoms with Gasteiger partial charge in [-0.05, 0) is 55.3 Å². The highest BCUT2D eigenvalue weighted by Crippen LogP contribution is 2.35. The Bertz CT molecular complexity index is 1240. The van der Waals surface area contributed by atoms with Crippen molar-refractivity contribution in [2.24, 2.45) is 5.92 Å². The van der Waals surface area contributed by atoms with Crippen LogP contribution in [0.4, 0.5) is 17.1 Å². The Morgan fingerprint density at radius 2 is 1.66 bits per heavy atom. The summed E-state index contributed by atoms with van der Waals surface area (Å²) in [6, 6.07) is 10.9. The molecule has 9 nitrogen and oxygen atoms in total. The van der Waals surface area contributed by atoms with E-state index in [4.69, 9.17) is 4.74 Å². The lowest BCUT2D eigenvalue weighted by atomic mass is 10.2. The van der Waals surface area contributed by atoms with Crippen LogP contribution in [-0.4, -0.2) is 48.7 Å². The van der Waals surface area contributed by atoms with Crippen molar-refractivity contribution < 1.29 is 26.4 Å². The topological polar surface area (TPSA) is 113 Å². The van der Waals surface area contributed by atoms with Crippen LogP contribution in [0.1, 0.15) is 19.8 Å². The average Bonchev–Trinajstić information content (AvgIpc) is 3.34. The quantitative estimate of drug-likeness (QED) is 0.677. The van der Waals surface area contributed by atoms with Crippen molar-refractivity contribution in [2.45, 2.75) is 24.7 Å². The van der Waals surface area contributed by atoms with Crippen molar-refractivity contribution in [1.29, 1.82) is 0 Å². The van der Waals surface area contributed by atoms with Crippen LogP contribution in [-0.2, 0) is 24.8 Å². The van der Waals surface area contributed by atoms with Gasteiger partial charge in [0.05, 0.1) is 24.5 Å². The molecule has 32 heavy (non-hydrogen) atoms. The minimum atomic E-state index is -4.13. The number of amides is 1. The molecule has 1 atom stereocenters. The molecular formula is C21H25N3O6S2. The van der Waals surface area contributed by atoms with Gasteiger partial charge in [-0.15, -0.1) is 0 Å². The van der Waals surface area contributed by atoms with Crippen LogP contribution in [0.15, 0.2) is 47.4 Å². The van der Waals surface area contributed by atoms with E-state index in [1.807, 2.05) is 12.1 Å². The molecule has 0 unspecified atom stereocenters. The molecule has 1 amide bonds. The zero-order valence-corrected chi connectivity index (χ0v) is 19.4. The number of methoxy groups -OCH3 is 1. The molecule has 2 aromatic carbocycles. The zero-order valence-electron chi connectivity index (χ0n) is 17.8. The number of carbonyl (C=O) groups is 1. The molecular weight excluding hydrogens is 454 g/mol. The number of hydrogen-bond donors (Lipinski definition) is 1. The summed E-state index contributed by atoms with van der Waals surface area (Å²) in [7, 11) is -6.68. The number of hydrogen-bond acceptors (Lipinski definition) is 7. The van der Waals surface area contributed by atoms with E-state index in [9.17, 15) is 21.6 Å². The van der Waals surface area contributed by atoms with Crippen LogP contribution in [0.2, 0.25) is 0 Å². The largest absolute Gasteiger partial charge is 0.495 e. The van der Waals surface area contributed by atoms with Crippen molar-refractivity contribution >= 4 is 43.0 Å². The predicted molar refractivity (Wildman–Crippen MR) is 122 cm³/mol. The molecule has 11 heteroatoms. The summed E-state index contributed by atoms with van der Waals surface area (Å²) in [6.45, 7) is 3.48. The second-order valence-electron chi connectivity index (χ2n) is 7.96. The number of ether oxygens (including phenoxy) is 1. The number of carbonyl (C=O) groups excluding carboxylic acids is 1. The highest BCUT2D eigenvalue weighted by Gasteiger charge is 2.42. The number of anilines is 3. The predicted octanol–water partition coefficient (Wildman–Crippen LogP) is 2.41. The molecule has 4 rings (SSSR count). The highest BCUT2D eigenvalue weighted by atomic mass is 32.2. The van der Waals surface area contributed by atoms with Crippen molar-refractivity contribution in [3.05, 3.63) is 42.5 Å². The van der Waals surface area contributed by atoms with Gasteiger partial charge in [0.25, 0.3) is 10.0 Å². The molecule has 0 bridgehead atoms. The zero-order chi connectivity index (χ0) is 23.1. The van der Waals surface area contributed by atoms with Gasteiger partial charge in [-0.3, -0.25) is 9.52 Å². The van der Waals surface area contributed by atoms with E-state index in [0.29, 0.717) is 9.99 Å². The summed E-state index contributed by atoms with van der Waals surface area (Å²) in [5, 5.41) is 0. The van der Waals surface area contributed by atoms with Crippen LogP contribution in [0.25, 0.3) is 0 Å². The van der Waals surface area contributed by atoms with Crippen LogP contribution in [0.3, 0.4) is 0 Å². The third-order valence-electron chi connectivity index (χ3n) is 5.62. The van der Waals surface area contributed by atoms with Gasteiger partial charge < -0.3 is 9.64 Å². The van der Waals surface area contributed by atoms with Gasteiger partial charge in [-0.25, -0.2) is 21.1 Å². The third-order valence-corrected chi connectivity index (χ3v) is 8.89. The summed E-state index contributed by atoms with van der Waals surface area (Å²) in [6.07, 6.45) is 2.27. The maximum absolute atomic E-state index is 13.1. The normalized spacial score (nSPS) is 20.6. The Labute approximate surface area is 188 Å². The summed E-state index contributed by atoms with van der Waals surface area (Å²) in [5.41, 5.74) is 1.35. The van der Waals surface area contributed by atoms with Crippen molar-refractivity contribution in [3.8, 4) is 5.75 Å². The highest BCUT2D eigenvalue weighted by molar-refractivity contribution is 7.94. The fourth-order valence-corrected chi connectivity index (χ4v) is 7.08. The lowest BCUT2D eigenvalue weighted by Gasteiger charge is -2.19. The number of benzene rings is 2. The fourth-order valence-electron chi connectivity index (χ4n) is 4.01. The monoisotopic (exact) mass is 479 g/mol. The Morgan fingerprint density at radius 3 is 2.22 bits per heavy atom. The van der Waals surface area contributed by atoms with Gasteiger partial charge in [0, 0.05) is 24.5 Å². The first-order chi connectivity index (χ1) is 15.1. The molecule has 2 aromatic rings. The molecule has 0 radical (unpaired) electrons. The maximum Gasteiger partial charge on any atom is 0.265 e. The molecule has 2 saturated heterocycles. The molecule has 172 valence electrons. The molecule has 0 aromatic heterocycles. The van der Waals surface area contributed by atoms with E-state index in [0.717, 1.165) is 37.7 Å².